The molecule has 0 aliphatic rings. The molecule has 3 aromatic carbocycles. The Hall–Kier alpha value is -4.46. The Bertz CT molecular complexity index is 1400. The Morgan fingerprint density at radius 3 is 2.09 bits per heavy atom. The molecule has 0 atom stereocenters. The maximum absolute atomic E-state index is 13.1. The van der Waals surface area contributed by atoms with Crippen molar-refractivity contribution >= 4 is 16.9 Å². The maximum atomic E-state index is 13.1. The van der Waals surface area contributed by atoms with Crippen LogP contribution in [0.15, 0.2) is 70.1 Å². The SMILES string of the molecule is COc1ccc(-c2coc3cc(OC(=O)c4c(OC)cccc4OC)ccc3c2=O)cc1OC. The fourth-order valence-electron chi connectivity index (χ4n) is 3.59. The first kappa shape index (κ1) is 22.7. The standard InChI is InChI=1S/C26H22O8/c1-29-19-11-8-15(12-23(19)32-4)18-14-33-22-13-16(9-10-17(22)25(18)27)34-26(28)24-20(30-2)6-5-7-21(24)31-3/h5-14H,1-4H3. The number of carbonyl (C=O) groups is 1. The van der Waals surface area contributed by atoms with E-state index in [1.165, 1.54) is 46.8 Å². The maximum Gasteiger partial charge on any atom is 0.351 e. The second-order valence-corrected chi connectivity index (χ2v) is 7.13. The average molecular weight is 462 g/mol. The van der Waals surface area contributed by atoms with E-state index in [-0.39, 0.29) is 22.3 Å². The topological polar surface area (TPSA) is 93.4 Å². The van der Waals surface area contributed by atoms with E-state index in [0.717, 1.165) is 0 Å². The summed E-state index contributed by atoms with van der Waals surface area (Å²) >= 11 is 0. The van der Waals surface area contributed by atoms with Crippen LogP contribution in [0.3, 0.4) is 0 Å². The van der Waals surface area contributed by atoms with Crippen LogP contribution in [0.25, 0.3) is 22.1 Å². The number of methoxy groups -OCH3 is 4. The van der Waals surface area contributed by atoms with Crippen molar-refractivity contribution in [3.63, 3.8) is 0 Å². The molecule has 0 saturated heterocycles. The minimum Gasteiger partial charge on any atom is -0.496 e. The van der Waals surface area contributed by atoms with Gasteiger partial charge in [0.2, 0.25) is 0 Å². The van der Waals surface area contributed by atoms with Gasteiger partial charge < -0.3 is 28.1 Å². The highest BCUT2D eigenvalue weighted by atomic mass is 16.5. The van der Waals surface area contributed by atoms with Gasteiger partial charge in [-0.25, -0.2) is 4.79 Å². The molecule has 4 aromatic rings. The van der Waals surface area contributed by atoms with Crippen LogP contribution in [0.4, 0.5) is 0 Å². The van der Waals surface area contributed by atoms with E-state index >= 15 is 0 Å². The Morgan fingerprint density at radius 2 is 1.44 bits per heavy atom. The number of rotatable bonds is 7. The molecule has 0 unspecified atom stereocenters. The highest BCUT2D eigenvalue weighted by Gasteiger charge is 2.21. The summed E-state index contributed by atoms with van der Waals surface area (Å²) < 4.78 is 32.3. The number of hydrogen-bond acceptors (Lipinski definition) is 8. The van der Waals surface area contributed by atoms with Crippen molar-refractivity contribution in [1.29, 1.82) is 0 Å². The summed E-state index contributed by atoms with van der Waals surface area (Å²) in [5, 5.41) is 0.335. The van der Waals surface area contributed by atoms with Crippen molar-refractivity contribution < 1.29 is 32.9 Å². The van der Waals surface area contributed by atoms with Crippen LogP contribution in [-0.2, 0) is 0 Å². The lowest BCUT2D eigenvalue weighted by molar-refractivity contribution is 0.0727. The predicted molar refractivity (Wildman–Crippen MR) is 126 cm³/mol. The molecule has 174 valence electrons. The zero-order valence-electron chi connectivity index (χ0n) is 19.0. The summed E-state index contributed by atoms with van der Waals surface area (Å²) in [5.74, 6) is 1.21. The van der Waals surface area contributed by atoms with Crippen molar-refractivity contribution in [2.75, 3.05) is 28.4 Å². The molecule has 1 aromatic heterocycles. The molecule has 0 N–H and O–H groups in total. The molecule has 34 heavy (non-hydrogen) atoms. The van der Waals surface area contributed by atoms with Crippen LogP contribution in [0.1, 0.15) is 10.4 Å². The monoisotopic (exact) mass is 462 g/mol. The zero-order valence-corrected chi connectivity index (χ0v) is 19.0. The quantitative estimate of drug-likeness (QED) is 0.288. The lowest BCUT2D eigenvalue weighted by atomic mass is 10.0. The molecule has 1 heterocycles. The Kier molecular flexibility index (Phi) is 6.40. The summed E-state index contributed by atoms with van der Waals surface area (Å²) in [6, 6.07) is 14.7. The number of esters is 1. The normalized spacial score (nSPS) is 10.6. The van der Waals surface area contributed by atoms with Crippen LogP contribution in [0, 0.1) is 0 Å². The number of benzene rings is 3. The highest BCUT2D eigenvalue weighted by Crippen LogP contribution is 2.33. The first-order valence-electron chi connectivity index (χ1n) is 10.2. The van der Waals surface area contributed by atoms with E-state index in [4.69, 9.17) is 28.1 Å². The molecular formula is C26H22O8. The molecule has 0 fully saturated rings. The van der Waals surface area contributed by atoms with Gasteiger partial charge in [0.25, 0.3) is 0 Å². The predicted octanol–water partition coefficient (Wildman–Crippen LogP) is 4.71. The minimum atomic E-state index is -0.669. The molecule has 0 radical (unpaired) electrons. The van der Waals surface area contributed by atoms with Gasteiger partial charge in [0, 0.05) is 6.07 Å². The molecule has 0 bridgehead atoms. The first-order chi connectivity index (χ1) is 16.5. The summed E-state index contributed by atoms with van der Waals surface area (Å²) in [7, 11) is 5.96. The fourth-order valence-corrected chi connectivity index (χ4v) is 3.59. The van der Waals surface area contributed by atoms with E-state index < -0.39 is 5.97 Å². The van der Waals surface area contributed by atoms with Crippen LogP contribution >= 0.6 is 0 Å². The van der Waals surface area contributed by atoms with Crippen LogP contribution in [0.5, 0.6) is 28.7 Å². The van der Waals surface area contributed by atoms with Crippen LogP contribution in [0.2, 0.25) is 0 Å². The average Bonchev–Trinajstić information content (AvgIpc) is 2.87. The van der Waals surface area contributed by atoms with E-state index in [0.29, 0.717) is 39.5 Å². The molecule has 0 aliphatic heterocycles. The third kappa shape index (κ3) is 4.13. The molecular weight excluding hydrogens is 440 g/mol. The third-order valence-electron chi connectivity index (χ3n) is 5.28. The van der Waals surface area contributed by atoms with Crippen molar-refractivity contribution in [1.82, 2.24) is 0 Å². The summed E-state index contributed by atoms with van der Waals surface area (Å²) in [6.45, 7) is 0. The molecule has 0 aliphatic carbocycles. The Balaban J connectivity index is 1.68. The van der Waals surface area contributed by atoms with Gasteiger partial charge in [-0.05, 0) is 42.0 Å². The lowest BCUT2D eigenvalue weighted by Crippen LogP contribution is -2.12. The van der Waals surface area contributed by atoms with Crippen LogP contribution in [-0.4, -0.2) is 34.4 Å². The number of ether oxygens (including phenoxy) is 5. The van der Waals surface area contributed by atoms with Crippen molar-refractivity contribution in [2.45, 2.75) is 0 Å². The first-order valence-corrected chi connectivity index (χ1v) is 10.2. The molecule has 4 rings (SSSR count). The summed E-state index contributed by atoms with van der Waals surface area (Å²) in [6.07, 6.45) is 1.36. The van der Waals surface area contributed by atoms with E-state index in [2.05, 4.69) is 0 Å². The van der Waals surface area contributed by atoms with E-state index in [1.54, 1.807) is 42.5 Å². The molecule has 8 heteroatoms. The lowest BCUT2D eigenvalue weighted by Gasteiger charge is -2.12. The fraction of sp³-hybridized carbons (Fsp3) is 0.154. The Morgan fingerprint density at radius 1 is 0.765 bits per heavy atom. The number of fused-ring (bicyclic) bond motifs is 1. The van der Waals surface area contributed by atoms with Gasteiger partial charge >= 0.3 is 5.97 Å². The van der Waals surface area contributed by atoms with E-state index in [1.807, 2.05) is 0 Å². The highest BCUT2D eigenvalue weighted by molar-refractivity contribution is 5.97. The van der Waals surface area contributed by atoms with Gasteiger partial charge in [-0.2, -0.15) is 0 Å². The minimum absolute atomic E-state index is 0.151. The largest absolute Gasteiger partial charge is 0.496 e. The van der Waals surface area contributed by atoms with Crippen molar-refractivity contribution in [3.05, 3.63) is 76.6 Å². The van der Waals surface area contributed by atoms with Gasteiger partial charge in [-0.3, -0.25) is 4.79 Å². The van der Waals surface area contributed by atoms with Gasteiger partial charge in [0.05, 0.1) is 39.4 Å². The van der Waals surface area contributed by atoms with Crippen LogP contribution < -0.4 is 29.1 Å². The van der Waals surface area contributed by atoms with Gasteiger partial charge in [-0.15, -0.1) is 0 Å². The zero-order chi connectivity index (χ0) is 24.2. The molecule has 0 amide bonds. The van der Waals surface area contributed by atoms with Gasteiger partial charge in [0.15, 0.2) is 16.9 Å². The third-order valence-corrected chi connectivity index (χ3v) is 5.28. The van der Waals surface area contributed by atoms with Crippen molar-refractivity contribution in [2.24, 2.45) is 0 Å². The molecule has 0 spiro atoms. The second kappa shape index (κ2) is 9.58. The van der Waals surface area contributed by atoms with E-state index in [9.17, 15) is 9.59 Å². The summed E-state index contributed by atoms with van der Waals surface area (Å²) in [4.78, 5) is 26.0. The number of hydrogen-bond donors (Lipinski definition) is 0. The number of carbonyl (C=O) groups excluding carboxylic acids is 1. The Labute approximate surface area is 195 Å². The summed E-state index contributed by atoms with van der Waals surface area (Å²) in [5.41, 5.74) is 1.16. The molecule has 8 nitrogen and oxygen atoms in total. The van der Waals surface area contributed by atoms with Crippen molar-refractivity contribution in [3.8, 4) is 39.9 Å². The van der Waals surface area contributed by atoms with Gasteiger partial charge in [-0.1, -0.05) is 12.1 Å². The molecule has 0 saturated carbocycles. The smallest absolute Gasteiger partial charge is 0.351 e. The second-order valence-electron chi connectivity index (χ2n) is 7.13. The van der Waals surface area contributed by atoms with Gasteiger partial charge in [0.1, 0.15) is 34.7 Å².